The fourth-order valence-corrected chi connectivity index (χ4v) is 4.59. The molecule has 4 aromatic rings. The van der Waals surface area contributed by atoms with Crippen LogP contribution in [0.25, 0.3) is 22.0 Å². The summed E-state index contributed by atoms with van der Waals surface area (Å²) in [7, 11) is 2.19. The maximum absolute atomic E-state index is 12.7. The molecular weight excluding hydrogens is 454 g/mol. The Morgan fingerprint density at radius 1 is 1.08 bits per heavy atom. The summed E-state index contributed by atoms with van der Waals surface area (Å²) in [5.41, 5.74) is 5.03. The molecule has 1 aliphatic rings. The van der Waals surface area contributed by atoms with Gasteiger partial charge in [-0.15, -0.1) is 0 Å². The van der Waals surface area contributed by atoms with E-state index in [9.17, 15) is 4.79 Å². The molecule has 4 heterocycles. The van der Waals surface area contributed by atoms with Gasteiger partial charge in [-0.3, -0.25) is 9.78 Å². The van der Waals surface area contributed by atoms with Gasteiger partial charge in [0, 0.05) is 29.8 Å². The summed E-state index contributed by atoms with van der Waals surface area (Å²) < 4.78 is 0. The molecule has 1 saturated heterocycles. The molecule has 5 rings (SSSR count). The summed E-state index contributed by atoms with van der Waals surface area (Å²) >= 11 is 0. The zero-order valence-electron chi connectivity index (χ0n) is 20.5. The fraction of sp³-hybridized carbons (Fsp3) is 0.286. The zero-order valence-corrected chi connectivity index (χ0v) is 20.5. The van der Waals surface area contributed by atoms with Crippen molar-refractivity contribution in [2.24, 2.45) is 0 Å². The average molecular weight is 484 g/mol. The number of benzene rings is 1. The van der Waals surface area contributed by atoms with Gasteiger partial charge in [0.25, 0.3) is 5.56 Å². The van der Waals surface area contributed by atoms with Gasteiger partial charge < -0.3 is 15.2 Å². The van der Waals surface area contributed by atoms with Crippen molar-refractivity contribution in [3.63, 3.8) is 0 Å². The number of likely N-dealkylation sites (tertiary alicyclic amines) is 1. The number of H-pyrrole nitrogens is 1. The number of pyridine rings is 3. The molecule has 3 aromatic heterocycles. The lowest BCUT2D eigenvalue weighted by Crippen LogP contribution is -2.29. The third-order valence-electron chi connectivity index (χ3n) is 6.62. The van der Waals surface area contributed by atoms with Crippen LogP contribution >= 0.6 is 0 Å². The highest BCUT2D eigenvalue weighted by Crippen LogP contribution is 2.31. The monoisotopic (exact) mass is 483 g/mol. The predicted octanol–water partition coefficient (Wildman–Crippen LogP) is 4.52. The van der Waals surface area contributed by atoms with Crippen LogP contribution in [-0.4, -0.2) is 46.1 Å². The molecular formula is C28H29N5O3. The largest absolute Gasteiger partial charge is 0.373 e. The van der Waals surface area contributed by atoms with Crippen molar-refractivity contribution in [2.45, 2.75) is 32.1 Å². The van der Waals surface area contributed by atoms with Crippen LogP contribution in [-0.2, 0) is 16.0 Å². The van der Waals surface area contributed by atoms with E-state index < -0.39 is 0 Å². The minimum atomic E-state index is -0.155. The Bertz CT molecular complexity index is 1420. The molecule has 8 heteroatoms. The van der Waals surface area contributed by atoms with Crippen LogP contribution in [0.3, 0.4) is 0 Å². The highest BCUT2D eigenvalue weighted by atomic mass is 16.2. The number of aromatic amines is 1. The van der Waals surface area contributed by atoms with E-state index in [1.807, 2.05) is 24.5 Å². The van der Waals surface area contributed by atoms with Crippen LogP contribution in [0.2, 0.25) is 0 Å². The minimum Gasteiger partial charge on any atom is -0.340 e. The van der Waals surface area contributed by atoms with Crippen LogP contribution in [0, 0.1) is 0 Å². The van der Waals surface area contributed by atoms with Gasteiger partial charge in [0.05, 0.1) is 11.1 Å². The van der Waals surface area contributed by atoms with E-state index in [0.29, 0.717) is 17.1 Å². The van der Waals surface area contributed by atoms with E-state index in [4.69, 9.17) is 14.6 Å². The average Bonchev–Trinajstić information content (AvgIpc) is 2.90. The molecule has 184 valence electrons. The van der Waals surface area contributed by atoms with E-state index in [2.05, 4.69) is 64.5 Å². The standard InChI is InChI=1S/C27H29N5O.CO2/c1-3-18-14-22(17-28-16-18)24-15-21-8-11-29-27(33)25(21)26(31-24)30-23-6-4-19(5-7-23)20-9-12-32(2)13-10-20;2-1-3/h4-8,11,14-17,20H,3,9-10,12-13H2,1-2H3,(H,29,33)(H,30,31);. The van der Waals surface area contributed by atoms with Crippen molar-refractivity contribution in [1.29, 1.82) is 0 Å². The van der Waals surface area contributed by atoms with Gasteiger partial charge in [0.1, 0.15) is 5.82 Å². The molecule has 2 N–H and O–H groups in total. The Labute approximate surface area is 209 Å². The highest BCUT2D eigenvalue weighted by molar-refractivity contribution is 5.95. The molecule has 0 atom stereocenters. The van der Waals surface area contributed by atoms with E-state index >= 15 is 0 Å². The summed E-state index contributed by atoms with van der Waals surface area (Å²) in [6.07, 6.45) is 8.91. The SMILES string of the molecule is CCc1cncc(-c2cc3cc[nH]c(=O)c3c(Nc3ccc(C4CCN(C)CC4)cc3)n2)c1.O=C=O. The topological polar surface area (TPSA) is 108 Å². The van der Waals surface area contributed by atoms with E-state index in [-0.39, 0.29) is 11.7 Å². The molecule has 0 bridgehead atoms. The number of fused-ring (bicyclic) bond motifs is 1. The van der Waals surface area contributed by atoms with E-state index in [1.54, 1.807) is 6.20 Å². The molecule has 8 nitrogen and oxygen atoms in total. The minimum absolute atomic E-state index is 0.155. The smallest absolute Gasteiger partial charge is 0.340 e. The van der Waals surface area contributed by atoms with Crippen LogP contribution in [0.5, 0.6) is 0 Å². The fourth-order valence-electron chi connectivity index (χ4n) is 4.59. The highest BCUT2D eigenvalue weighted by Gasteiger charge is 2.18. The number of aromatic nitrogens is 3. The Morgan fingerprint density at radius 3 is 2.50 bits per heavy atom. The molecule has 1 aromatic carbocycles. The van der Waals surface area contributed by atoms with Crippen molar-refractivity contribution >= 4 is 28.4 Å². The number of aryl methyl sites for hydroxylation is 1. The maximum atomic E-state index is 12.7. The number of nitrogens with one attached hydrogen (secondary N) is 2. The lowest BCUT2D eigenvalue weighted by molar-refractivity contribution is -0.191. The first kappa shape index (κ1) is 25.0. The summed E-state index contributed by atoms with van der Waals surface area (Å²) in [5, 5.41) is 4.80. The van der Waals surface area contributed by atoms with Gasteiger partial charge >= 0.3 is 6.15 Å². The van der Waals surface area contributed by atoms with Crippen molar-refractivity contribution in [2.75, 3.05) is 25.5 Å². The lowest BCUT2D eigenvalue weighted by atomic mass is 9.89. The second kappa shape index (κ2) is 11.5. The summed E-state index contributed by atoms with van der Waals surface area (Å²) in [6, 6.07) is 14.5. The second-order valence-electron chi connectivity index (χ2n) is 8.97. The van der Waals surface area contributed by atoms with Gasteiger partial charge in [0.2, 0.25) is 0 Å². The number of hydrogen-bond acceptors (Lipinski definition) is 7. The van der Waals surface area contributed by atoms with Crippen LogP contribution in [0.15, 0.2) is 65.8 Å². The molecule has 36 heavy (non-hydrogen) atoms. The number of rotatable bonds is 5. The third-order valence-corrected chi connectivity index (χ3v) is 6.62. The van der Waals surface area contributed by atoms with Crippen molar-refractivity contribution < 1.29 is 9.59 Å². The van der Waals surface area contributed by atoms with Crippen LogP contribution < -0.4 is 10.9 Å². The first-order valence-corrected chi connectivity index (χ1v) is 12.0. The lowest BCUT2D eigenvalue weighted by Gasteiger charge is -2.29. The van der Waals surface area contributed by atoms with Gasteiger partial charge in [-0.1, -0.05) is 19.1 Å². The molecule has 0 unspecified atom stereocenters. The Kier molecular flexibility index (Phi) is 8.00. The summed E-state index contributed by atoms with van der Waals surface area (Å²) in [5.74, 6) is 1.16. The van der Waals surface area contributed by atoms with Gasteiger partial charge in [-0.25, -0.2) is 4.98 Å². The number of nitrogens with zero attached hydrogens (tertiary/aromatic N) is 3. The van der Waals surface area contributed by atoms with Crippen molar-refractivity contribution in [3.05, 3.63) is 82.5 Å². The first-order valence-electron chi connectivity index (χ1n) is 12.0. The van der Waals surface area contributed by atoms with Gasteiger partial charge in [-0.2, -0.15) is 9.59 Å². The summed E-state index contributed by atoms with van der Waals surface area (Å²) in [4.78, 5) is 43.3. The number of piperidine rings is 1. The molecule has 0 aliphatic carbocycles. The Balaban J connectivity index is 0.000000967. The number of carbonyl (C=O) groups excluding carboxylic acids is 2. The molecule has 0 saturated carbocycles. The van der Waals surface area contributed by atoms with Crippen molar-refractivity contribution in [3.8, 4) is 11.3 Å². The second-order valence-corrected chi connectivity index (χ2v) is 8.97. The number of hydrogen-bond donors (Lipinski definition) is 2. The normalized spacial score (nSPS) is 14.1. The van der Waals surface area contributed by atoms with E-state index in [0.717, 1.165) is 47.4 Å². The van der Waals surface area contributed by atoms with E-state index in [1.165, 1.54) is 18.4 Å². The van der Waals surface area contributed by atoms with Gasteiger partial charge in [-0.05, 0) is 92.2 Å². The molecule has 1 fully saturated rings. The maximum Gasteiger partial charge on any atom is 0.373 e. The van der Waals surface area contributed by atoms with Crippen LogP contribution in [0.4, 0.5) is 11.5 Å². The quantitative estimate of drug-likeness (QED) is 0.430. The third kappa shape index (κ3) is 5.74. The molecule has 0 radical (unpaired) electrons. The predicted molar refractivity (Wildman–Crippen MR) is 139 cm³/mol. The van der Waals surface area contributed by atoms with Crippen LogP contribution in [0.1, 0.15) is 36.8 Å². The summed E-state index contributed by atoms with van der Waals surface area (Å²) in [6.45, 7) is 4.39. The molecule has 0 spiro atoms. The number of anilines is 2. The Hall–Kier alpha value is -4.13. The molecule has 0 amide bonds. The molecule has 1 aliphatic heterocycles. The Morgan fingerprint density at radius 2 is 1.81 bits per heavy atom. The first-order chi connectivity index (χ1) is 17.5. The van der Waals surface area contributed by atoms with Crippen molar-refractivity contribution in [1.82, 2.24) is 19.9 Å². The van der Waals surface area contributed by atoms with Gasteiger partial charge in [0.15, 0.2) is 0 Å². The zero-order chi connectivity index (χ0) is 25.5.